The van der Waals surface area contributed by atoms with Crippen LogP contribution in [0.15, 0.2) is 12.3 Å². The lowest BCUT2D eigenvalue weighted by molar-refractivity contribution is -0.144. The molecule has 0 fully saturated rings. The monoisotopic (exact) mass is 290 g/mol. The van der Waals surface area contributed by atoms with Gasteiger partial charge in [0.25, 0.3) is 5.91 Å². The average Bonchev–Trinajstić information content (AvgIpc) is 2.73. The van der Waals surface area contributed by atoms with E-state index in [2.05, 4.69) is 15.4 Å². The highest BCUT2D eigenvalue weighted by molar-refractivity contribution is 5.99. The molecule has 1 atom stereocenters. The van der Waals surface area contributed by atoms with Crippen molar-refractivity contribution in [2.75, 3.05) is 6.61 Å². The topological polar surface area (TPSA) is 86.1 Å². The Morgan fingerprint density at radius 2 is 2.19 bits per heavy atom. The number of rotatable bonds is 4. The van der Waals surface area contributed by atoms with E-state index in [-0.39, 0.29) is 12.5 Å². The molecule has 0 spiro atoms. The Labute approximate surface area is 122 Å². The number of hydrogen-bond acceptors (Lipinski definition) is 5. The third kappa shape index (κ3) is 3.01. The van der Waals surface area contributed by atoms with Gasteiger partial charge in [-0.2, -0.15) is 5.10 Å². The summed E-state index contributed by atoms with van der Waals surface area (Å²) in [6.07, 6.45) is 1.47. The Hall–Kier alpha value is -2.44. The Morgan fingerprint density at radius 3 is 2.86 bits per heavy atom. The zero-order chi connectivity index (χ0) is 15.6. The maximum Gasteiger partial charge on any atom is 0.328 e. The summed E-state index contributed by atoms with van der Waals surface area (Å²) < 4.78 is 6.51. The summed E-state index contributed by atoms with van der Waals surface area (Å²) in [5, 5.41) is 7.66. The number of aromatic nitrogens is 3. The quantitative estimate of drug-likeness (QED) is 0.848. The molecule has 0 aliphatic rings. The fraction of sp³-hybridized carbons (Fsp3) is 0.429. The van der Waals surface area contributed by atoms with Gasteiger partial charge in [0.15, 0.2) is 5.65 Å². The van der Waals surface area contributed by atoms with E-state index >= 15 is 0 Å². The smallest absolute Gasteiger partial charge is 0.328 e. The van der Waals surface area contributed by atoms with Gasteiger partial charge in [-0.15, -0.1) is 0 Å². The number of pyridine rings is 1. The molecule has 0 bridgehead atoms. The number of nitrogens with one attached hydrogen (secondary N) is 1. The van der Waals surface area contributed by atoms with Crippen molar-refractivity contribution in [3.8, 4) is 0 Å². The van der Waals surface area contributed by atoms with E-state index in [4.69, 9.17) is 4.74 Å². The van der Waals surface area contributed by atoms with Gasteiger partial charge in [-0.1, -0.05) is 0 Å². The highest BCUT2D eigenvalue weighted by atomic mass is 16.5. The normalized spacial score (nSPS) is 12.2. The second kappa shape index (κ2) is 5.90. The molecule has 2 heterocycles. The molecule has 21 heavy (non-hydrogen) atoms. The van der Waals surface area contributed by atoms with Gasteiger partial charge < -0.3 is 10.1 Å². The van der Waals surface area contributed by atoms with Crippen LogP contribution in [0.1, 0.15) is 29.9 Å². The first kappa shape index (κ1) is 15.0. The zero-order valence-electron chi connectivity index (χ0n) is 12.5. The minimum Gasteiger partial charge on any atom is -0.464 e. The van der Waals surface area contributed by atoms with E-state index in [0.717, 1.165) is 11.1 Å². The summed E-state index contributed by atoms with van der Waals surface area (Å²) in [6.45, 7) is 5.43. The highest BCUT2D eigenvalue weighted by Gasteiger charge is 2.18. The second-order valence-electron chi connectivity index (χ2n) is 4.75. The van der Waals surface area contributed by atoms with Gasteiger partial charge in [-0.3, -0.25) is 9.48 Å². The summed E-state index contributed by atoms with van der Waals surface area (Å²) in [5.74, 6) is -0.828. The van der Waals surface area contributed by atoms with Crippen molar-refractivity contribution in [1.82, 2.24) is 20.1 Å². The number of nitrogens with zero attached hydrogens (tertiary/aromatic N) is 3. The Bertz CT molecular complexity index is 693. The maximum atomic E-state index is 12.1. The van der Waals surface area contributed by atoms with Gasteiger partial charge in [0.1, 0.15) is 6.04 Å². The van der Waals surface area contributed by atoms with E-state index in [1.165, 1.54) is 6.20 Å². The van der Waals surface area contributed by atoms with E-state index < -0.39 is 12.0 Å². The second-order valence-corrected chi connectivity index (χ2v) is 4.75. The predicted octanol–water partition coefficient (Wildman–Crippen LogP) is 0.958. The number of amides is 1. The molecule has 0 aliphatic carbocycles. The van der Waals surface area contributed by atoms with Crippen LogP contribution in [-0.4, -0.2) is 39.3 Å². The van der Waals surface area contributed by atoms with Crippen molar-refractivity contribution in [2.24, 2.45) is 7.05 Å². The highest BCUT2D eigenvalue weighted by Crippen LogP contribution is 2.16. The minimum absolute atomic E-state index is 0.279. The van der Waals surface area contributed by atoms with Crippen molar-refractivity contribution in [2.45, 2.75) is 26.8 Å². The number of ether oxygens (including phenoxy) is 1. The molecule has 0 aliphatic heterocycles. The van der Waals surface area contributed by atoms with Gasteiger partial charge in [0.2, 0.25) is 0 Å². The molecule has 2 aromatic heterocycles. The van der Waals surface area contributed by atoms with Crippen LogP contribution >= 0.6 is 0 Å². The van der Waals surface area contributed by atoms with E-state index in [9.17, 15) is 9.59 Å². The van der Waals surface area contributed by atoms with Crippen LogP contribution in [0, 0.1) is 6.92 Å². The lowest BCUT2D eigenvalue weighted by atomic mass is 10.2. The number of aryl methyl sites for hydroxylation is 2. The first-order chi connectivity index (χ1) is 9.93. The summed E-state index contributed by atoms with van der Waals surface area (Å²) in [4.78, 5) is 27.9. The molecule has 1 N–H and O–H groups in total. The number of esters is 1. The molecule has 2 rings (SSSR count). The first-order valence-electron chi connectivity index (χ1n) is 6.71. The van der Waals surface area contributed by atoms with Crippen LogP contribution in [0.2, 0.25) is 0 Å². The number of carbonyl (C=O) groups excluding carboxylic acids is 2. The molecule has 112 valence electrons. The van der Waals surface area contributed by atoms with Gasteiger partial charge in [-0.05, 0) is 26.8 Å². The largest absolute Gasteiger partial charge is 0.464 e. The van der Waals surface area contributed by atoms with Crippen molar-refractivity contribution in [1.29, 1.82) is 0 Å². The van der Waals surface area contributed by atoms with Crippen LogP contribution in [-0.2, 0) is 16.6 Å². The van der Waals surface area contributed by atoms with E-state index in [1.807, 2.05) is 6.92 Å². The molecular weight excluding hydrogens is 272 g/mol. The van der Waals surface area contributed by atoms with Gasteiger partial charge in [-0.25, -0.2) is 9.78 Å². The zero-order valence-corrected chi connectivity index (χ0v) is 12.5. The summed E-state index contributed by atoms with van der Waals surface area (Å²) >= 11 is 0. The molecule has 2 aromatic rings. The first-order valence-corrected chi connectivity index (χ1v) is 6.71. The van der Waals surface area contributed by atoms with Crippen LogP contribution in [0.3, 0.4) is 0 Å². The molecule has 0 saturated heterocycles. The molecule has 0 aromatic carbocycles. The van der Waals surface area contributed by atoms with Gasteiger partial charge >= 0.3 is 5.97 Å². The molecule has 1 unspecified atom stereocenters. The van der Waals surface area contributed by atoms with Crippen molar-refractivity contribution >= 4 is 22.9 Å². The fourth-order valence-electron chi connectivity index (χ4n) is 2.04. The summed E-state index contributed by atoms with van der Waals surface area (Å²) in [7, 11) is 1.80. The summed E-state index contributed by atoms with van der Waals surface area (Å²) in [6, 6.07) is 1.01. The van der Waals surface area contributed by atoms with Crippen LogP contribution in [0.5, 0.6) is 0 Å². The average molecular weight is 290 g/mol. The van der Waals surface area contributed by atoms with Gasteiger partial charge in [0, 0.05) is 18.6 Å². The van der Waals surface area contributed by atoms with Crippen LogP contribution < -0.4 is 5.32 Å². The third-order valence-electron chi connectivity index (χ3n) is 3.11. The molecular formula is C14H18N4O3. The van der Waals surface area contributed by atoms with Crippen LogP contribution in [0.25, 0.3) is 11.0 Å². The lowest BCUT2D eigenvalue weighted by Crippen LogP contribution is -2.39. The van der Waals surface area contributed by atoms with Crippen LogP contribution in [0.4, 0.5) is 0 Å². The van der Waals surface area contributed by atoms with Crippen molar-refractivity contribution < 1.29 is 14.3 Å². The third-order valence-corrected chi connectivity index (χ3v) is 3.11. The van der Waals surface area contributed by atoms with E-state index in [0.29, 0.717) is 11.2 Å². The minimum atomic E-state index is -0.705. The molecule has 7 nitrogen and oxygen atoms in total. The molecule has 0 radical (unpaired) electrons. The number of carbonyl (C=O) groups is 2. The molecule has 7 heteroatoms. The molecule has 1 amide bonds. The summed E-state index contributed by atoms with van der Waals surface area (Å²) in [5.41, 5.74) is 1.89. The Morgan fingerprint density at radius 1 is 1.48 bits per heavy atom. The van der Waals surface area contributed by atoms with Crippen molar-refractivity contribution in [3.63, 3.8) is 0 Å². The lowest BCUT2D eigenvalue weighted by Gasteiger charge is -2.12. The maximum absolute atomic E-state index is 12.1. The SMILES string of the molecule is CCOC(=O)C(C)NC(=O)c1cnc2c(c1)c(C)nn2C. The standard InChI is InChI=1S/C14H18N4O3/c1-5-21-14(20)9(3)16-13(19)10-6-11-8(2)17-18(4)12(11)15-7-10/h6-7,9H,5H2,1-4H3,(H,16,19). The number of hydrogen-bond donors (Lipinski definition) is 1. The van der Waals surface area contributed by atoms with Crippen molar-refractivity contribution in [3.05, 3.63) is 23.5 Å². The Kier molecular flexibility index (Phi) is 4.21. The predicted molar refractivity (Wildman–Crippen MR) is 76.8 cm³/mol. The van der Waals surface area contributed by atoms with Gasteiger partial charge in [0.05, 0.1) is 17.9 Å². The van der Waals surface area contributed by atoms with E-state index in [1.54, 1.807) is 31.6 Å². The number of fused-ring (bicyclic) bond motifs is 1. The fourth-order valence-corrected chi connectivity index (χ4v) is 2.04. The Balaban J connectivity index is 2.20. The molecule has 0 saturated carbocycles.